The van der Waals surface area contributed by atoms with Crippen molar-refractivity contribution in [3.05, 3.63) is 58.4 Å². The van der Waals surface area contributed by atoms with Crippen LogP contribution in [0.15, 0.2) is 35.2 Å². The number of aliphatic hydroxyl groups excluding tert-OH is 1. The van der Waals surface area contributed by atoms with E-state index in [4.69, 9.17) is 11.6 Å². The smallest absolute Gasteiger partial charge is 0.255 e. The summed E-state index contributed by atoms with van der Waals surface area (Å²) < 4.78 is 67.6. The maximum absolute atomic E-state index is 13.7. The first-order valence-corrected chi connectivity index (χ1v) is 14.4. The quantitative estimate of drug-likeness (QED) is 0.446. The summed E-state index contributed by atoms with van der Waals surface area (Å²) in [7, 11) is -4.08. The number of carbonyl (C=O) groups excluding carboxylic acids is 2. The highest BCUT2D eigenvalue weighted by Crippen LogP contribution is 2.53. The van der Waals surface area contributed by atoms with Gasteiger partial charge < -0.3 is 20.4 Å². The van der Waals surface area contributed by atoms with Crippen LogP contribution in [0.2, 0.25) is 5.02 Å². The predicted molar refractivity (Wildman–Crippen MR) is 134 cm³/mol. The standard InChI is InChI=1S/C26H26ClF3N2O6S/c27-19-4-1-13(25(35)31-16-8-20(28)24(30)21(29)9-16)5-22(19)39(37,38)18-6-14-2-3-15(7-18)26(14,36)10-23(34)32-11-17(33)12-32/h1,4-5,8-9,14-15,17-18,33,36H,2-3,6-7,10-12H2,(H,31,35). The number of benzene rings is 2. The maximum Gasteiger partial charge on any atom is 0.255 e. The zero-order chi connectivity index (χ0) is 28.3. The lowest BCUT2D eigenvalue weighted by Crippen LogP contribution is -2.57. The molecule has 0 aromatic heterocycles. The Morgan fingerprint density at radius 2 is 1.64 bits per heavy atom. The highest BCUT2D eigenvalue weighted by molar-refractivity contribution is 7.92. The van der Waals surface area contributed by atoms with Crippen LogP contribution in [0.5, 0.6) is 0 Å². The van der Waals surface area contributed by atoms with Gasteiger partial charge in [-0.2, -0.15) is 0 Å². The summed E-state index contributed by atoms with van der Waals surface area (Å²) in [6, 6.07) is 4.73. The van der Waals surface area contributed by atoms with Crippen LogP contribution >= 0.6 is 11.6 Å². The summed E-state index contributed by atoms with van der Waals surface area (Å²) in [5, 5.41) is 22.1. The van der Waals surface area contributed by atoms with Crippen molar-refractivity contribution < 1.29 is 41.4 Å². The van der Waals surface area contributed by atoms with Gasteiger partial charge in [0.2, 0.25) is 5.91 Å². The highest BCUT2D eigenvalue weighted by atomic mass is 35.5. The molecule has 0 radical (unpaired) electrons. The van der Waals surface area contributed by atoms with E-state index in [1.807, 2.05) is 0 Å². The molecule has 2 amide bonds. The lowest BCUT2D eigenvalue weighted by Gasteiger charge is -2.44. The minimum absolute atomic E-state index is 0.103. The summed E-state index contributed by atoms with van der Waals surface area (Å²) in [6.07, 6.45) is 0.622. The monoisotopic (exact) mass is 586 g/mol. The van der Waals surface area contributed by atoms with E-state index in [9.17, 15) is 41.4 Å². The summed E-state index contributed by atoms with van der Waals surface area (Å²) in [4.78, 5) is 26.5. The molecule has 3 N–H and O–H groups in total. The van der Waals surface area contributed by atoms with Crippen molar-refractivity contribution in [2.24, 2.45) is 11.8 Å². The van der Waals surface area contributed by atoms with Crippen LogP contribution in [-0.2, 0) is 14.6 Å². The first-order valence-electron chi connectivity index (χ1n) is 12.5. The molecule has 2 aromatic rings. The van der Waals surface area contributed by atoms with Gasteiger partial charge in [0.05, 0.1) is 33.3 Å². The predicted octanol–water partition coefficient (Wildman–Crippen LogP) is 3.30. The maximum atomic E-state index is 13.7. The van der Waals surface area contributed by atoms with Crippen molar-refractivity contribution in [3.63, 3.8) is 0 Å². The number of fused-ring (bicyclic) bond motifs is 2. The number of halogens is 4. The molecule has 0 spiro atoms. The number of carbonyl (C=O) groups is 2. The Morgan fingerprint density at radius 1 is 1.05 bits per heavy atom. The SMILES string of the molecule is O=C(Nc1cc(F)c(F)c(F)c1)c1ccc(Cl)c(S(=O)(=O)C2CC3CCC(C2)C3(O)CC(=O)N2CC(O)C2)c1. The Morgan fingerprint density at radius 3 is 2.21 bits per heavy atom. The number of sulfone groups is 1. The Bertz CT molecular complexity index is 1410. The minimum atomic E-state index is -4.08. The van der Waals surface area contributed by atoms with Gasteiger partial charge in [-0.25, -0.2) is 21.6 Å². The number of hydrogen-bond acceptors (Lipinski definition) is 6. The Hall–Kier alpha value is -2.67. The van der Waals surface area contributed by atoms with Gasteiger partial charge in [0.15, 0.2) is 27.3 Å². The van der Waals surface area contributed by atoms with Crippen molar-refractivity contribution in [1.29, 1.82) is 0 Å². The van der Waals surface area contributed by atoms with E-state index in [0.717, 1.165) is 6.07 Å². The van der Waals surface area contributed by atoms with E-state index < -0.39 is 62.0 Å². The normalized spacial score (nSPS) is 26.8. The number of aliphatic hydroxyl groups is 2. The summed E-state index contributed by atoms with van der Waals surface area (Å²) in [5.74, 6) is -6.71. The highest BCUT2D eigenvalue weighted by Gasteiger charge is 2.57. The van der Waals surface area contributed by atoms with Crippen LogP contribution in [0.3, 0.4) is 0 Å². The van der Waals surface area contributed by atoms with Gasteiger partial charge in [0.1, 0.15) is 0 Å². The average molecular weight is 587 g/mol. The molecule has 13 heteroatoms. The molecule has 3 aliphatic rings. The molecule has 1 saturated heterocycles. The number of nitrogens with zero attached hydrogens (tertiary/aromatic N) is 1. The van der Waals surface area contributed by atoms with Crippen LogP contribution < -0.4 is 5.32 Å². The molecule has 210 valence electrons. The van der Waals surface area contributed by atoms with Crippen LogP contribution in [0.1, 0.15) is 42.5 Å². The molecule has 5 rings (SSSR count). The molecule has 2 unspecified atom stereocenters. The topological polar surface area (TPSA) is 124 Å². The van der Waals surface area contributed by atoms with E-state index in [1.54, 1.807) is 0 Å². The second-order valence-corrected chi connectivity index (χ2v) is 13.2. The minimum Gasteiger partial charge on any atom is -0.389 e. The van der Waals surface area contributed by atoms with Crippen LogP contribution in [0, 0.1) is 29.3 Å². The van der Waals surface area contributed by atoms with E-state index in [0.29, 0.717) is 25.0 Å². The molecular weight excluding hydrogens is 561 g/mol. The first-order chi connectivity index (χ1) is 18.3. The van der Waals surface area contributed by atoms with Gasteiger partial charge in [-0.15, -0.1) is 0 Å². The van der Waals surface area contributed by atoms with Crippen LogP contribution in [0.4, 0.5) is 18.9 Å². The van der Waals surface area contributed by atoms with Gasteiger partial charge in [0.25, 0.3) is 5.91 Å². The molecular formula is C26H26ClF3N2O6S. The summed E-state index contributed by atoms with van der Waals surface area (Å²) >= 11 is 6.23. The second kappa shape index (κ2) is 10.1. The molecule has 39 heavy (non-hydrogen) atoms. The number of rotatable bonds is 6. The lowest BCUT2D eigenvalue weighted by atomic mass is 9.72. The number of hydrogen-bond donors (Lipinski definition) is 3. The van der Waals surface area contributed by atoms with Gasteiger partial charge in [-0.1, -0.05) is 11.6 Å². The number of nitrogens with one attached hydrogen (secondary N) is 1. The van der Waals surface area contributed by atoms with E-state index >= 15 is 0 Å². The fourth-order valence-corrected chi connectivity index (χ4v) is 8.44. The van der Waals surface area contributed by atoms with Gasteiger partial charge in [-0.05, 0) is 55.7 Å². The van der Waals surface area contributed by atoms with Crippen molar-refractivity contribution in [2.75, 3.05) is 18.4 Å². The largest absolute Gasteiger partial charge is 0.389 e. The van der Waals surface area contributed by atoms with E-state index in [1.165, 1.54) is 17.0 Å². The van der Waals surface area contributed by atoms with Gasteiger partial charge >= 0.3 is 0 Å². The van der Waals surface area contributed by atoms with E-state index in [2.05, 4.69) is 5.32 Å². The second-order valence-electron chi connectivity index (χ2n) is 10.6. The van der Waals surface area contributed by atoms with Gasteiger partial charge in [0, 0.05) is 36.5 Å². The fraction of sp³-hybridized carbons (Fsp3) is 0.462. The number of likely N-dealkylation sites (tertiary alicyclic amines) is 1. The lowest BCUT2D eigenvalue weighted by molar-refractivity contribution is -0.152. The Balaban J connectivity index is 1.34. The third kappa shape index (κ3) is 5.03. The van der Waals surface area contributed by atoms with Crippen molar-refractivity contribution in [2.45, 2.75) is 54.0 Å². The third-order valence-corrected chi connectivity index (χ3v) is 10.9. The molecule has 2 saturated carbocycles. The van der Waals surface area contributed by atoms with E-state index in [-0.39, 0.29) is 59.4 Å². The first kappa shape index (κ1) is 27.9. The zero-order valence-corrected chi connectivity index (χ0v) is 22.1. The van der Waals surface area contributed by atoms with Crippen LogP contribution in [0.25, 0.3) is 0 Å². The third-order valence-electron chi connectivity index (χ3n) is 8.20. The number of anilines is 1. The molecule has 2 bridgehead atoms. The van der Waals surface area contributed by atoms with Crippen molar-refractivity contribution in [3.8, 4) is 0 Å². The fourth-order valence-electron chi connectivity index (χ4n) is 6.04. The summed E-state index contributed by atoms with van der Waals surface area (Å²) in [5.41, 5.74) is -1.85. The molecule has 1 heterocycles. The zero-order valence-electron chi connectivity index (χ0n) is 20.5. The number of amides is 2. The molecule has 3 fully saturated rings. The van der Waals surface area contributed by atoms with Crippen molar-refractivity contribution >= 4 is 38.9 Å². The average Bonchev–Trinajstić information content (AvgIpc) is 3.01. The molecule has 2 aliphatic carbocycles. The van der Waals surface area contributed by atoms with Gasteiger partial charge in [-0.3, -0.25) is 9.59 Å². The molecule has 1 aliphatic heterocycles. The van der Waals surface area contributed by atoms with Crippen LogP contribution in [-0.4, -0.2) is 65.4 Å². The molecule has 8 nitrogen and oxygen atoms in total. The summed E-state index contributed by atoms with van der Waals surface area (Å²) in [6.45, 7) is 0.434. The van der Waals surface area contributed by atoms with Crippen molar-refractivity contribution in [1.82, 2.24) is 4.90 Å². The number of β-amino-alcohol motifs (C(OH)–C–C–N with tert-alkyl or cyclic N) is 1. The molecule has 2 atom stereocenters. The molecule has 2 aromatic carbocycles. The Kier molecular flexibility index (Phi) is 7.19. The Labute approximate surface area is 227 Å².